The number of hydrogen-bond acceptors (Lipinski definition) is 3. The number of piperidine rings is 1. The number of carbonyl (C=O) groups excluding carboxylic acids is 1. The smallest absolute Gasteiger partial charge is 0.239 e. The Morgan fingerprint density at radius 2 is 2.22 bits per heavy atom. The molecule has 0 aromatic carbocycles. The molecule has 2 heterocycles. The molecule has 1 saturated heterocycles. The van der Waals surface area contributed by atoms with E-state index in [2.05, 4.69) is 18.2 Å². The number of nitrogens with zero attached hydrogens (tertiary/aromatic N) is 3. The third-order valence-electron chi connectivity index (χ3n) is 3.64. The van der Waals surface area contributed by atoms with Crippen molar-refractivity contribution in [1.82, 2.24) is 14.7 Å². The maximum Gasteiger partial charge on any atom is 0.239 e. The SMILES string of the molecule is CCn1cc(C2CCN(C(=O)C(C)N)CC2)cn1. The summed E-state index contributed by atoms with van der Waals surface area (Å²) in [7, 11) is 0. The number of carbonyl (C=O) groups is 1. The van der Waals surface area contributed by atoms with Gasteiger partial charge in [-0.15, -0.1) is 0 Å². The summed E-state index contributed by atoms with van der Waals surface area (Å²) in [5.41, 5.74) is 6.93. The minimum absolute atomic E-state index is 0.0673. The maximum absolute atomic E-state index is 11.8. The molecule has 2 N–H and O–H groups in total. The number of amides is 1. The molecule has 0 aliphatic carbocycles. The lowest BCUT2D eigenvalue weighted by atomic mass is 9.91. The van der Waals surface area contributed by atoms with Gasteiger partial charge >= 0.3 is 0 Å². The number of aryl methyl sites for hydroxylation is 1. The van der Waals surface area contributed by atoms with Gasteiger partial charge in [-0.05, 0) is 38.2 Å². The highest BCUT2D eigenvalue weighted by atomic mass is 16.2. The van der Waals surface area contributed by atoms with E-state index in [1.165, 1.54) is 5.56 Å². The van der Waals surface area contributed by atoms with Gasteiger partial charge in [-0.1, -0.05) is 0 Å². The molecule has 100 valence electrons. The lowest BCUT2D eigenvalue weighted by Crippen LogP contribution is -2.45. The van der Waals surface area contributed by atoms with Crippen molar-refractivity contribution in [3.8, 4) is 0 Å². The molecule has 1 fully saturated rings. The van der Waals surface area contributed by atoms with Crippen molar-refractivity contribution < 1.29 is 4.79 Å². The van der Waals surface area contributed by atoms with Crippen LogP contribution in [0.3, 0.4) is 0 Å². The summed E-state index contributed by atoms with van der Waals surface area (Å²) in [5, 5.41) is 4.31. The Kier molecular flexibility index (Phi) is 4.01. The highest BCUT2D eigenvalue weighted by Gasteiger charge is 2.25. The van der Waals surface area contributed by atoms with E-state index in [1.54, 1.807) is 6.92 Å². The zero-order valence-corrected chi connectivity index (χ0v) is 11.2. The Labute approximate surface area is 108 Å². The Hall–Kier alpha value is -1.36. The Bertz CT molecular complexity index is 405. The lowest BCUT2D eigenvalue weighted by molar-refractivity contribution is -0.133. The summed E-state index contributed by atoms with van der Waals surface area (Å²) in [5.74, 6) is 0.597. The largest absolute Gasteiger partial charge is 0.341 e. The molecular formula is C13H22N4O. The zero-order valence-electron chi connectivity index (χ0n) is 11.2. The van der Waals surface area contributed by atoms with Crippen molar-refractivity contribution in [3.05, 3.63) is 18.0 Å². The molecule has 2 rings (SSSR count). The van der Waals surface area contributed by atoms with E-state index in [9.17, 15) is 4.79 Å². The second-order valence-corrected chi connectivity index (χ2v) is 5.02. The Balaban J connectivity index is 1.92. The molecular weight excluding hydrogens is 228 g/mol. The number of likely N-dealkylation sites (tertiary alicyclic amines) is 1. The van der Waals surface area contributed by atoms with Gasteiger partial charge in [0.2, 0.25) is 5.91 Å². The van der Waals surface area contributed by atoms with E-state index in [1.807, 2.05) is 15.8 Å². The second-order valence-electron chi connectivity index (χ2n) is 5.02. The molecule has 1 aliphatic heterocycles. The molecule has 1 atom stereocenters. The van der Waals surface area contributed by atoms with Crippen LogP contribution in [0.4, 0.5) is 0 Å². The third kappa shape index (κ3) is 2.72. The number of aromatic nitrogens is 2. The van der Waals surface area contributed by atoms with Crippen LogP contribution in [0.5, 0.6) is 0 Å². The highest BCUT2D eigenvalue weighted by Crippen LogP contribution is 2.27. The topological polar surface area (TPSA) is 64.2 Å². The average Bonchev–Trinajstić information content (AvgIpc) is 2.86. The summed E-state index contributed by atoms with van der Waals surface area (Å²) in [6.07, 6.45) is 6.09. The lowest BCUT2D eigenvalue weighted by Gasteiger charge is -2.32. The number of rotatable bonds is 3. The first-order chi connectivity index (χ1) is 8.61. The van der Waals surface area contributed by atoms with Crippen LogP contribution in [0.1, 0.15) is 38.2 Å². The predicted octanol–water partition coefficient (Wildman–Crippen LogP) is 0.956. The minimum atomic E-state index is -0.385. The molecule has 18 heavy (non-hydrogen) atoms. The van der Waals surface area contributed by atoms with Gasteiger partial charge in [0.05, 0.1) is 12.2 Å². The fraction of sp³-hybridized carbons (Fsp3) is 0.692. The van der Waals surface area contributed by atoms with Crippen molar-refractivity contribution in [1.29, 1.82) is 0 Å². The van der Waals surface area contributed by atoms with Gasteiger partial charge in [-0.25, -0.2) is 0 Å². The second kappa shape index (κ2) is 5.52. The summed E-state index contributed by atoms with van der Waals surface area (Å²) in [4.78, 5) is 13.7. The molecule has 0 spiro atoms. The normalized spacial score (nSPS) is 18.9. The molecule has 0 saturated carbocycles. The fourth-order valence-corrected chi connectivity index (χ4v) is 2.48. The van der Waals surface area contributed by atoms with Crippen LogP contribution in [0.25, 0.3) is 0 Å². The van der Waals surface area contributed by atoms with Gasteiger partial charge in [0.1, 0.15) is 0 Å². The average molecular weight is 250 g/mol. The monoisotopic (exact) mass is 250 g/mol. The Morgan fingerprint density at radius 3 is 2.72 bits per heavy atom. The highest BCUT2D eigenvalue weighted by molar-refractivity contribution is 5.81. The minimum Gasteiger partial charge on any atom is -0.341 e. The van der Waals surface area contributed by atoms with E-state index in [-0.39, 0.29) is 11.9 Å². The van der Waals surface area contributed by atoms with Crippen LogP contribution >= 0.6 is 0 Å². The van der Waals surface area contributed by atoms with Crippen molar-refractivity contribution in [2.24, 2.45) is 5.73 Å². The van der Waals surface area contributed by atoms with Crippen LogP contribution in [-0.4, -0.2) is 39.7 Å². The van der Waals surface area contributed by atoms with E-state index in [4.69, 9.17) is 5.73 Å². The molecule has 5 nitrogen and oxygen atoms in total. The first-order valence-electron chi connectivity index (χ1n) is 6.68. The van der Waals surface area contributed by atoms with Gasteiger partial charge in [-0.2, -0.15) is 5.10 Å². The summed E-state index contributed by atoms with van der Waals surface area (Å²) >= 11 is 0. The molecule has 1 aromatic rings. The molecule has 0 bridgehead atoms. The molecule has 5 heteroatoms. The predicted molar refractivity (Wildman–Crippen MR) is 70.1 cm³/mol. The van der Waals surface area contributed by atoms with E-state index in [0.29, 0.717) is 5.92 Å². The van der Waals surface area contributed by atoms with Gasteiger partial charge in [0, 0.05) is 25.8 Å². The molecule has 0 radical (unpaired) electrons. The summed E-state index contributed by atoms with van der Waals surface area (Å²) in [6.45, 7) is 6.35. The number of hydrogen-bond donors (Lipinski definition) is 1. The zero-order chi connectivity index (χ0) is 13.1. The number of nitrogens with two attached hydrogens (primary N) is 1. The van der Waals surface area contributed by atoms with Gasteiger partial charge < -0.3 is 10.6 Å². The van der Waals surface area contributed by atoms with Crippen molar-refractivity contribution in [2.45, 2.75) is 45.2 Å². The first kappa shape index (κ1) is 13.1. The van der Waals surface area contributed by atoms with Crippen molar-refractivity contribution in [3.63, 3.8) is 0 Å². The molecule has 1 aliphatic rings. The maximum atomic E-state index is 11.8. The van der Waals surface area contributed by atoms with Crippen LogP contribution in [-0.2, 0) is 11.3 Å². The van der Waals surface area contributed by atoms with Crippen LogP contribution in [0.15, 0.2) is 12.4 Å². The van der Waals surface area contributed by atoms with E-state index < -0.39 is 0 Å². The Morgan fingerprint density at radius 1 is 1.56 bits per heavy atom. The summed E-state index contributed by atoms with van der Waals surface area (Å²) < 4.78 is 1.95. The first-order valence-corrected chi connectivity index (χ1v) is 6.68. The van der Waals surface area contributed by atoms with Crippen LogP contribution < -0.4 is 5.73 Å². The molecule has 1 amide bonds. The van der Waals surface area contributed by atoms with E-state index >= 15 is 0 Å². The molecule has 1 unspecified atom stereocenters. The quantitative estimate of drug-likeness (QED) is 0.869. The van der Waals surface area contributed by atoms with Gasteiger partial charge in [0.15, 0.2) is 0 Å². The third-order valence-corrected chi connectivity index (χ3v) is 3.64. The van der Waals surface area contributed by atoms with Crippen molar-refractivity contribution in [2.75, 3.05) is 13.1 Å². The van der Waals surface area contributed by atoms with Crippen LogP contribution in [0, 0.1) is 0 Å². The standard InChI is InChI=1S/C13H22N4O/c1-3-17-9-12(8-15-17)11-4-6-16(7-5-11)13(18)10(2)14/h8-11H,3-7,14H2,1-2H3. The fourth-order valence-electron chi connectivity index (χ4n) is 2.48. The van der Waals surface area contributed by atoms with Crippen LogP contribution in [0.2, 0.25) is 0 Å². The van der Waals surface area contributed by atoms with E-state index in [0.717, 1.165) is 32.5 Å². The molecule has 1 aromatic heterocycles. The van der Waals surface area contributed by atoms with Gasteiger partial charge in [0.25, 0.3) is 0 Å². The van der Waals surface area contributed by atoms with Crippen molar-refractivity contribution >= 4 is 5.91 Å². The van der Waals surface area contributed by atoms with Gasteiger partial charge in [-0.3, -0.25) is 9.48 Å². The summed E-state index contributed by atoms with van der Waals surface area (Å²) in [6, 6.07) is -0.385.